The molecule has 166 valence electrons. The van der Waals surface area contributed by atoms with Gasteiger partial charge in [-0.15, -0.1) is 0 Å². The van der Waals surface area contributed by atoms with E-state index in [1.54, 1.807) is 43.2 Å². The fraction of sp³-hybridized carbons (Fsp3) is 0.261. The second-order valence-electron chi connectivity index (χ2n) is 7.54. The highest BCUT2D eigenvalue weighted by Crippen LogP contribution is 2.37. The van der Waals surface area contributed by atoms with Gasteiger partial charge in [0.1, 0.15) is 11.9 Å². The molecule has 7 nitrogen and oxygen atoms in total. The monoisotopic (exact) mass is 454 g/mol. The normalized spacial score (nSPS) is 17.1. The fourth-order valence-corrected chi connectivity index (χ4v) is 4.21. The van der Waals surface area contributed by atoms with Gasteiger partial charge in [-0.25, -0.2) is 9.37 Å². The zero-order valence-corrected chi connectivity index (χ0v) is 18.8. The molecule has 1 aliphatic heterocycles. The number of nitrogens with zero attached hydrogens (tertiary/aromatic N) is 3. The Labute approximate surface area is 190 Å². The average molecular weight is 455 g/mol. The summed E-state index contributed by atoms with van der Waals surface area (Å²) in [4.78, 5) is 4.32. The molecule has 0 saturated heterocycles. The molecule has 0 unspecified atom stereocenters. The molecule has 2 aromatic heterocycles. The topological polar surface area (TPSA) is 102 Å². The van der Waals surface area contributed by atoms with E-state index in [9.17, 15) is 4.39 Å². The van der Waals surface area contributed by atoms with Crippen LogP contribution in [0.1, 0.15) is 36.6 Å². The molecule has 4 rings (SSSR count). The molecule has 3 heterocycles. The smallest absolute Gasteiger partial charge is 0.166 e. The van der Waals surface area contributed by atoms with Crippen LogP contribution in [-0.4, -0.2) is 27.5 Å². The van der Waals surface area contributed by atoms with Crippen LogP contribution in [-0.2, 0) is 13.0 Å². The first kappa shape index (κ1) is 21.8. The van der Waals surface area contributed by atoms with Gasteiger partial charge in [0.25, 0.3) is 0 Å². The van der Waals surface area contributed by atoms with Gasteiger partial charge in [0.05, 0.1) is 11.4 Å². The molecule has 0 fully saturated rings. The number of hydrogen-bond acceptors (Lipinski definition) is 6. The van der Waals surface area contributed by atoms with E-state index in [1.807, 2.05) is 6.92 Å². The molecule has 0 spiro atoms. The Kier molecular flexibility index (Phi) is 5.88. The van der Waals surface area contributed by atoms with E-state index >= 15 is 0 Å². The second-order valence-corrected chi connectivity index (χ2v) is 7.90. The minimum Gasteiger partial charge on any atom is -0.482 e. The molecule has 2 bridgehead atoms. The summed E-state index contributed by atoms with van der Waals surface area (Å²) in [5, 5.41) is 16.8. The van der Waals surface area contributed by atoms with Crippen LogP contribution in [0.5, 0.6) is 5.75 Å². The summed E-state index contributed by atoms with van der Waals surface area (Å²) < 4.78 is 22.1. The Morgan fingerprint density at radius 1 is 1.41 bits per heavy atom. The minimum atomic E-state index is -0.574. The number of hydrogen-bond donors (Lipinski definition) is 3. The van der Waals surface area contributed by atoms with Crippen molar-refractivity contribution in [3.05, 3.63) is 69.9 Å². The lowest BCUT2D eigenvalue weighted by Gasteiger charge is -2.22. The van der Waals surface area contributed by atoms with Crippen LogP contribution in [0, 0.1) is 11.2 Å². The number of benzene rings is 1. The summed E-state index contributed by atoms with van der Waals surface area (Å²) in [6, 6.07) is 6.12. The van der Waals surface area contributed by atoms with Crippen LogP contribution in [0.15, 0.2) is 42.2 Å². The van der Waals surface area contributed by atoms with Crippen LogP contribution in [0.2, 0.25) is 5.15 Å². The zero-order valence-electron chi connectivity index (χ0n) is 18.0. The maximum absolute atomic E-state index is 14.2. The second kappa shape index (κ2) is 8.63. The van der Waals surface area contributed by atoms with E-state index in [1.165, 1.54) is 12.1 Å². The predicted molar refractivity (Wildman–Crippen MR) is 124 cm³/mol. The van der Waals surface area contributed by atoms with Crippen LogP contribution in [0.4, 0.5) is 10.2 Å². The fourth-order valence-electron chi connectivity index (χ4n) is 3.96. The largest absolute Gasteiger partial charge is 0.482 e. The highest BCUT2D eigenvalue weighted by atomic mass is 35.5. The first-order valence-corrected chi connectivity index (χ1v) is 10.6. The molecule has 0 amide bonds. The van der Waals surface area contributed by atoms with Gasteiger partial charge in [-0.2, -0.15) is 5.10 Å². The lowest BCUT2D eigenvalue weighted by molar-refractivity contribution is 0.227. The van der Waals surface area contributed by atoms with Crippen LogP contribution >= 0.6 is 11.6 Å². The first-order valence-electron chi connectivity index (χ1n) is 10.3. The van der Waals surface area contributed by atoms with Gasteiger partial charge in [-0.05, 0) is 43.7 Å². The first-order chi connectivity index (χ1) is 15.3. The molecule has 3 aromatic rings. The lowest BCUT2D eigenvalue weighted by atomic mass is 9.91. The van der Waals surface area contributed by atoms with Gasteiger partial charge in [-0.3, -0.25) is 10.1 Å². The van der Waals surface area contributed by atoms with E-state index in [0.29, 0.717) is 40.6 Å². The number of fused-ring (bicyclic) bond motifs is 5. The molecular formula is C23H24ClFN6O. The molecule has 0 radical (unpaired) electrons. The number of nitrogens with one attached hydrogen (secondary N) is 2. The number of rotatable bonds is 2. The van der Waals surface area contributed by atoms with E-state index in [-0.39, 0.29) is 11.5 Å². The van der Waals surface area contributed by atoms with Crippen molar-refractivity contribution in [2.45, 2.75) is 32.9 Å². The van der Waals surface area contributed by atoms with Crippen molar-refractivity contribution >= 4 is 23.1 Å². The Morgan fingerprint density at radius 2 is 2.19 bits per heavy atom. The van der Waals surface area contributed by atoms with Gasteiger partial charge in [0.15, 0.2) is 16.7 Å². The Bertz CT molecular complexity index is 1240. The molecule has 0 aliphatic carbocycles. The Hall–Kier alpha value is -3.39. The van der Waals surface area contributed by atoms with Gasteiger partial charge >= 0.3 is 0 Å². The highest BCUT2D eigenvalue weighted by Gasteiger charge is 2.25. The number of allylic oxidation sites excluding steroid dienone is 1. The van der Waals surface area contributed by atoms with E-state index in [0.717, 1.165) is 16.8 Å². The summed E-state index contributed by atoms with van der Waals surface area (Å²) in [5.74, 6) is 0.179. The maximum atomic E-state index is 14.2. The van der Waals surface area contributed by atoms with E-state index in [2.05, 4.69) is 15.4 Å². The number of aryl methyl sites for hydroxylation is 1. The number of ether oxygens (including phenoxy) is 1. The summed E-state index contributed by atoms with van der Waals surface area (Å²) in [5.41, 5.74) is 10.4. The van der Waals surface area contributed by atoms with Crippen molar-refractivity contribution in [1.29, 1.82) is 5.41 Å². The minimum absolute atomic E-state index is 0.219. The molecule has 9 heteroatoms. The molecule has 1 atom stereocenters. The molecule has 1 aliphatic rings. The van der Waals surface area contributed by atoms with Gasteiger partial charge in [-0.1, -0.05) is 11.6 Å². The standard InChI is InChI=1S/C23H24ClFN6O/c1-4-31-21-14-8-19(23(27)29-11-14)32-12(2)17-9-15(25)5-6-16(17)20(26)13(10-28-3)7-18(21)22(24)30-31/h5-6,8-12,26,28H,4,7H2,1-3H3,(H2,27,29)/b13-10-,26-20?/t12-/m1/s1. The average Bonchev–Trinajstić information content (AvgIpc) is 3.09. The number of pyridine rings is 1. The number of nitrogens with two attached hydrogens (primary N) is 1. The lowest BCUT2D eigenvalue weighted by Crippen LogP contribution is -2.17. The number of nitrogen functional groups attached to an aromatic ring is 1. The molecular weight excluding hydrogens is 431 g/mol. The van der Waals surface area contributed by atoms with Crippen molar-refractivity contribution < 1.29 is 9.13 Å². The summed E-state index contributed by atoms with van der Waals surface area (Å²) in [7, 11) is 1.77. The third-order valence-electron chi connectivity index (χ3n) is 5.49. The Morgan fingerprint density at radius 3 is 2.91 bits per heavy atom. The van der Waals surface area contributed by atoms with E-state index in [4.69, 9.17) is 27.5 Å². The number of anilines is 1. The zero-order chi connectivity index (χ0) is 23.0. The van der Waals surface area contributed by atoms with Crippen molar-refractivity contribution in [1.82, 2.24) is 20.1 Å². The van der Waals surface area contributed by atoms with Crippen LogP contribution in [0.3, 0.4) is 0 Å². The van der Waals surface area contributed by atoms with Crippen LogP contribution < -0.4 is 15.8 Å². The molecule has 4 N–H and O–H groups in total. The number of aromatic nitrogens is 3. The van der Waals surface area contributed by atoms with Crippen molar-refractivity contribution in [3.63, 3.8) is 0 Å². The molecule has 32 heavy (non-hydrogen) atoms. The summed E-state index contributed by atoms with van der Waals surface area (Å²) in [6.07, 6.45) is 3.18. The van der Waals surface area contributed by atoms with Crippen LogP contribution in [0.25, 0.3) is 11.3 Å². The molecule has 1 aromatic carbocycles. The summed E-state index contributed by atoms with van der Waals surface area (Å²) >= 11 is 6.56. The third-order valence-corrected chi connectivity index (χ3v) is 5.79. The van der Waals surface area contributed by atoms with Crippen molar-refractivity contribution in [2.75, 3.05) is 12.8 Å². The van der Waals surface area contributed by atoms with Crippen molar-refractivity contribution in [2.24, 2.45) is 0 Å². The maximum Gasteiger partial charge on any atom is 0.166 e. The van der Waals surface area contributed by atoms with Gasteiger partial charge in [0, 0.05) is 54.7 Å². The highest BCUT2D eigenvalue weighted by molar-refractivity contribution is 6.30. The SMILES string of the molecule is CCn1nc(Cl)c2c1-c1cnc(N)c(c1)O[C@H](C)c1cc(F)ccc1C(=N)/C(=C\NC)C2. The van der Waals surface area contributed by atoms with Crippen molar-refractivity contribution in [3.8, 4) is 17.0 Å². The Balaban J connectivity index is 2.02. The third kappa shape index (κ3) is 3.82. The van der Waals surface area contributed by atoms with Gasteiger partial charge in [0.2, 0.25) is 0 Å². The predicted octanol–water partition coefficient (Wildman–Crippen LogP) is 4.51. The summed E-state index contributed by atoms with van der Waals surface area (Å²) in [6.45, 7) is 4.36. The van der Waals surface area contributed by atoms with Gasteiger partial charge < -0.3 is 15.8 Å². The molecule has 0 saturated carbocycles. The quantitative estimate of drug-likeness (QED) is 0.529. The number of halogens is 2. The van der Waals surface area contributed by atoms with E-state index < -0.39 is 11.9 Å².